The van der Waals surface area contributed by atoms with Crippen molar-refractivity contribution in [2.45, 2.75) is 92.0 Å². The van der Waals surface area contributed by atoms with Crippen LogP contribution in [0.2, 0.25) is 0 Å². The van der Waals surface area contributed by atoms with Gasteiger partial charge in [-0.25, -0.2) is 17.3 Å². The lowest BCUT2D eigenvalue weighted by Crippen LogP contribution is -2.69. The van der Waals surface area contributed by atoms with Crippen LogP contribution in [0.15, 0.2) is 0 Å². The molecule has 324 valence electrons. The van der Waals surface area contributed by atoms with Crippen LogP contribution in [0, 0.1) is 0 Å². The van der Waals surface area contributed by atoms with Crippen LogP contribution >= 0.6 is 0 Å². The van der Waals surface area contributed by atoms with Gasteiger partial charge in [0.1, 0.15) is 67.0 Å². The average molecular weight is 917 g/mol. The molecule has 3 saturated heterocycles. The molecule has 3 heterocycles. The molecule has 15 atom stereocenters. The van der Waals surface area contributed by atoms with Gasteiger partial charge >= 0.3 is 57.8 Å². The largest absolute Gasteiger partial charge is 0.479 e. The van der Waals surface area contributed by atoms with Crippen LogP contribution in [0.25, 0.3) is 0 Å². The Hall–Kier alpha value is -1.58. The lowest BCUT2D eigenvalue weighted by molar-refractivity contribution is -0.359. The summed E-state index contributed by atoms with van der Waals surface area (Å²) in [4.78, 5) is 12.3. The van der Waals surface area contributed by atoms with E-state index in [1.807, 2.05) is 0 Å². The van der Waals surface area contributed by atoms with E-state index < -0.39 is 163 Å². The standard InChI is InChI=1S/C18H32N2O30S5/c21-7-3(1-43-53(34,35)36)46-17(5(8(7)22)19-51(28,29)30)48-13-9(23)10(24)18(49-14(13)15(25)26)47-11-4(2-44-54(37,38)39)45-16(27)6(20-52(31,32)33)12(11)50-55(40,41)42/h3-14,16-24,27H,1-2H2,(H,25,26)(H,28,29,30)(H,31,32,33)(H,34,35,36)(H,37,38,39)(H,40,41,42)/t3-,4-,5-,6-,7-,8-,9-,10-,11-,12-,13+,14+,16+,17-,18-/m1/s1. The number of carboxylic acids is 1. The van der Waals surface area contributed by atoms with Gasteiger partial charge in [-0.1, -0.05) is 0 Å². The van der Waals surface area contributed by atoms with Gasteiger partial charge in [0.05, 0.1) is 13.2 Å². The summed E-state index contributed by atoms with van der Waals surface area (Å²) in [7, 11) is -27.4. The first kappa shape index (κ1) is 47.8. The second kappa shape index (κ2) is 17.7. The van der Waals surface area contributed by atoms with Crippen LogP contribution in [0.4, 0.5) is 0 Å². The van der Waals surface area contributed by atoms with Crippen LogP contribution < -0.4 is 9.44 Å². The number of aliphatic hydroxyl groups excluding tert-OH is 5. The Morgan fingerprint density at radius 1 is 0.545 bits per heavy atom. The summed E-state index contributed by atoms with van der Waals surface area (Å²) in [5.74, 6) is -2.19. The van der Waals surface area contributed by atoms with Crippen molar-refractivity contribution in [1.29, 1.82) is 0 Å². The van der Waals surface area contributed by atoms with Crippen LogP contribution in [0.3, 0.4) is 0 Å². The molecule has 0 aromatic carbocycles. The van der Waals surface area contributed by atoms with Crippen LogP contribution in [-0.4, -0.2) is 207 Å². The molecule has 0 spiro atoms. The van der Waals surface area contributed by atoms with Gasteiger partial charge in [0.2, 0.25) is 0 Å². The lowest BCUT2D eigenvalue weighted by Gasteiger charge is -2.48. The quantitative estimate of drug-likeness (QED) is 0.0603. The SMILES string of the molecule is O=C(O)[C@H]1O[C@@H](O[C@H]2[C@H](OS(=O)(=O)O)[C@@H](NS(=O)(=O)O)[C@@H](O)O[C@@H]2COS(=O)(=O)O)[C@H](O)[C@@H](O)[C@@H]1O[C@H]1O[C@H](COS(=O)(=O)O)[C@@H](O)[C@H](O)[C@H]1NS(=O)(=O)O. The minimum absolute atomic E-state index is 1.21. The van der Waals surface area contributed by atoms with Gasteiger partial charge in [-0.2, -0.15) is 51.5 Å². The van der Waals surface area contributed by atoms with Crippen LogP contribution in [0.5, 0.6) is 0 Å². The summed E-state index contributed by atoms with van der Waals surface area (Å²) in [5.41, 5.74) is 0. The zero-order valence-corrected chi connectivity index (χ0v) is 30.4. The first-order chi connectivity index (χ1) is 24.8. The van der Waals surface area contributed by atoms with E-state index in [1.54, 1.807) is 0 Å². The predicted octanol–water partition coefficient (Wildman–Crippen LogP) is -9.20. The zero-order chi connectivity index (χ0) is 42.2. The average Bonchev–Trinajstić information content (AvgIpc) is 2.98. The fourth-order valence-corrected chi connectivity index (χ4v) is 7.48. The molecule has 0 amide bonds. The summed E-state index contributed by atoms with van der Waals surface area (Å²) in [5, 5.41) is 63.0. The van der Waals surface area contributed by atoms with Crippen molar-refractivity contribution >= 4 is 57.8 Å². The summed E-state index contributed by atoms with van der Waals surface area (Å²) in [6, 6.07) is -4.98. The van der Waals surface area contributed by atoms with E-state index in [9.17, 15) is 91.2 Å². The number of aliphatic carboxylic acids is 1. The third kappa shape index (κ3) is 14.0. The molecule has 3 rings (SSSR count). The first-order valence-electron chi connectivity index (χ1n) is 14.1. The van der Waals surface area contributed by atoms with E-state index in [4.69, 9.17) is 32.8 Å². The van der Waals surface area contributed by atoms with Crippen molar-refractivity contribution in [2.75, 3.05) is 13.2 Å². The summed E-state index contributed by atoms with van der Waals surface area (Å²) in [6.07, 6.45) is -33.3. The highest BCUT2D eigenvalue weighted by Gasteiger charge is 2.57. The van der Waals surface area contributed by atoms with Crippen LogP contribution in [-0.2, 0) is 92.8 Å². The van der Waals surface area contributed by atoms with E-state index >= 15 is 0 Å². The van der Waals surface area contributed by atoms with Crippen molar-refractivity contribution in [1.82, 2.24) is 9.44 Å². The molecule has 0 aromatic rings. The second-order valence-corrected chi connectivity index (χ2v) is 16.8. The third-order valence-corrected chi connectivity index (χ3v) is 9.78. The number of aliphatic hydroxyl groups is 5. The molecular formula is C18H32N2O30S5. The Kier molecular flexibility index (Phi) is 15.4. The van der Waals surface area contributed by atoms with Gasteiger partial charge in [0.25, 0.3) is 0 Å². The highest BCUT2D eigenvalue weighted by atomic mass is 32.3. The Labute approximate surface area is 308 Å². The molecule has 0 aliphatic carbocycles. The Balaban J connectivity index is 2.03. The fraction of sp³-hybridized carbons (Fsp3) is 0.944. The molecule has 37 heteroatoms. The predicted molar refractivity (Wildman–Crippen MR) is 158 cm³/mol. The molecule has 3 aliphatic heterocycles. The summed E-state index contributed by atoms with van der Waals surface area (Å²) < 4.78 is 201. The molecule has 0 aromatic heterocycles. The van der Waals surface area contributed by atoms with Crippen molar-refractivity contribution in [2.24, 2.45) is 0 Å². The number of ether oxygens (including phenoxy) is 5. The maximum Gasteiger partial charge on any atom is 0.397 e. The number of rotatable bonds is 17. The fourth-order valence-electron chi connectivity index (χ4n) is 5.17. The molecule has 55 heavy (non-hydrogen) atoms. The topological polar surface area (TPSA) is 508 Å². The van der Waals surface area contributed by atoms with E-state index in [1.165, 1.54) is 9.44 Å². The van der Waals surface area contributed by atoms with Crippen LogP contribution in [0.1, 0.15) is 0 Å². The van der Waals surface area contributed by atoms with Crippen molar-refractivity contribution in [3.63, 3.8) is 0 Å². The smallest absolute Gasteiger partial charge is 0.397 e. The van der Waals surface area contributed by atoms with E-state index in [0.29, 0.717) is 0 Å². The number of carbonyl (C=O) groups is 1. The maximum absolute atomic E-state index is 12.3. The van der Waals surface area contributed by atoms with E-state index in [2.05, 4.69) is 12.5 Å². The third-order valence-electron chi connectivity index (χ3n) is 7.30. The molecule has 0 bridgehead atoms. The highest BCUT2D eigenvalue weighted by molar-refractivity contribution is 7.84. The second-order valence-electron chi connectivity index (χ2n) is 11.2. The lowest BCUT2D eigenvalue weighted by atomic mass is 9.95. The highest BCUT2D eigenvalue weighted by Crippen LogP contribution is 2.34. The normalized spacial score (nSPS) is 38.4. The number of hydrogen-bond donors (Lipinski definition) is 13. The molecule has 32 nitrogen and oxygen atoms in total. The number of nitrogens with one attached hydrogen (secondary N) is 2. The Morgan fingerprint density at radius 2 is 1.04 bits per heavy atom. The number of carboxylic acid groups (broad SMARTS) is 1. The molecule has 3 fully saturated rings. The van der Waals surface area contributed by atoms with E-state index in [0.717, 1.165) is 0 Å². The minimum Gasteiger partial charge on any atom is -0.479 e. The molecule has 0 radical (unpaired) electrons. The number of hydrogen-bond acceptors (Lipinski definition) is 24. The van der Waals surface area contributed by atoms with Gasteiger partial charge in [0.15, 0.2) is 25.0 Å². The molecule has 13 N–H and O–H groups in total. The van der Waals surface area contributed by atoms with E-state index in [-0.39, 0.29) is 0 Å². The van der Waals surface area contributed by atoms with Gasteiger partial charge < -0.3 is 54.3 Å². The molecule has 0 unspecified atom stereocenters. The molecule has 0 saturated carbocycles. The Morgan fingerprint density at radius 3 is 1.51 bits per heavy atom. The molecule has 3 aliphatic rings. The maximum atomic E-state index is 12.3. The first-order valence-corrected chi connectivity index (χ1v) is 21.0. The Bertz CT molecular complexity index is 1910. The van der Waals surface area contributed by atoms with Crippen molar-refractivity contribution in [3.8, 4) is 0 Å². The van der Waals surface area contributed by atoms with Gasteiger partial charge in [0, 0.05) is 0 Å². The minimum atomic E-state index is -5.81. The summed E-state index contributed by atoms with van der Waals surface area (Å²) in [6.45, 7) is -2.90. The zero-order valence-electron chi connectivity index (χ0n) is 26.3. The van der Waals surface area contributed by atoms with Gasteiger partial charge in [-0.15, -0.1) is 0 Å². The monoisotopic (exact) mass is 916 g/mol. The van der Waals surface area contributed by atoms with Crippen molar-refractivity contribution < 1.29 is 137 Å². The van der Waals surface area contributed by atoms with Gasteiger partial charge in [-0.05, 0) is 0 Å². The van der Waals surface area contributed by atoms with Gasteiger partial charge in [-0.3, -0.25) is 22.8 Å². The van der Waals surface area contributed by atoms with Crippen molar-refractivity contribution in [3.05, 3.63) is 0 Å². The summed E-state index contributed by atoms with van der Waals surface area (Å²) >= 11 is 0. The molecular weight excluding hydrogens is 885 g/mol.